The third-order valence-corrected chi connectivity index (χ3v) is 3.66. The number of aryl methyl sites for hydroxylation is 1. The largest absolute Gasteiger partial charge is 0.395 e. The third kappa shape index (κ3) is 4.10. The predicted octanol–water partition coefficient (Wildman–Crippen LogP) is 0.105. The molecule has 1 atom stereocenters. The van der Waals surface area contributed by atoms with Gasteiger partial charge in [-0.1, -0.05) is 13.8 Å². The topological polar surface area (TPSA) is 84.2 Å². The molecule has 2 N–H and O–H groups in total. The van der Waals surface area contributed by atoms with Crippen LogP contribution in [0.4, 0.5) is 0 Å². The summed E-state index contributed by atoms with van der Waals surface area (Å²) in [5, 5.41) is 9.11. The molecule has 0 saturated heterocycles. The molecule has 1 heterocycles. The normalized spacial score (nSPS) is 14.2. The Kier molecular flexibility index (Phi) is 4.67. The zero-order valence-corrected chi connectivity index (χ0v) is 11.1. The van der Waals surface area contributed by atoms with Gasteiger partial charge >= 0.3 is 0 Å². The van der Waals surface area contributed by atoms with Crippen molar-refractivity contribution in [2.75, 3.05) is 6.61 Å². The van der Waals surface area contributed by atoms with Crippen LogP contribution in [0.3, 0.4) is 0 Å². The van der Waals surface area contributed by atoms with Crippen LogP contribution in [0.1, 0.15) is 20.3 Å². The number of hydrogen-bond donors (Lipinski definition) is 2. The first-order valence-electron chi connectivity index (χ1n) is 5.46. The summed E-state index contributed by atoms with van der Waals surface area (Å²) in [6, 6.07) is -0.470. The SMILES string of the molecule is CC(C)CC(CO)NS(=O)(=O)c1cn(C)cn1. The van der Waals surface area contributed by atoms with Crippen molar-refractivity contribution >= 4 is 10.0 Å². The number of rotatable bonds is 6. The molecule has 0 fully saturated rings. The number of aromatic nitrogens is 2. The van der Waals surface area contributed by atoms with Gasteiger partial charge < -0.3 is 9.67 Å². The quantitative estimate of drug-likeness (QED) is 0.761. The molecule has 0 aliphatic carbocycles. The van der Waals surface area contributed by atoms with E-state index in [-0.39, 0.29) is 11.6 Å². The van der Waals surface area contributed by atoms with Crippen LogP contribution in [0.5, 0.6) is 0 Å². The maximum absolute atomic E-state index is 11.9. The summed E-state index contributed by atoms with van der Waals surface area (Å²) in [6.45, 7) is 3.72. The molecular formula is C10H19N3O3S. The van der Waals surface area contributed by atoms with Crippen LogP contribution in [-0.4, -0.2) is 35.7 Å². The number of nitrogens with zero attached hydrogens (tertiary/aromatic N) is 2. The average Bonchev–Trinajstić information content (AvgIpc) is 2.63. The number of sulfonamides is 1. The fourth-order valence-corrected chi connectivity index (χ4v) is 2.76. The molecule has 17 heavy (non-hydrogen) atoms. The van der Waals surface area contributed by atoms with Crippen molar-refractivity contribution in [2.45, 2.75) is 31.3 Å². The van der Waals surface area contributed by atoms with Crippen molar-refractivity contribution in [3.63, 3.8) is 0 Å². The van der Waals surface area contributed by atoms with E-state index in [1.54, 1.807) is 11.6 Å². The number of aliphatic hydroxyl groups is 1. The summed E-state index contributed by atoms with van der Waals surface area (Å²) in [7, 11) is -1.94. The molecule has 0 spiro atoms. The molecule has 7 heteroatoms. The molecule has 1 unspecified atom stereocenters. The molecule has 98 valence electrons. The first kappa shape index (κ1) is 14.1. The first-order chi connectivity index (χ1) is 7.85. The second kappa shape index (κ2) is 5.61. The van der Waals surface area contributed by atoms with Gasteiger partial charge in [-0.15, -0.1) is 0 Å². The Hall–Kier alpha value is -0.920. The molecule has 1 aromatic rings. The first-order valence-corrected chi connectivity index (χ1v) is 6.94. The highest BCUT2D eigenvalue weighted by atomic mass is 32.2. The lowest BCUT2D eigenvalue weighted by Gasteiger charge is -2.17. The zero-order chi connectivity index (χ0) is 13.1. The number of nitrogens with one attached hydrogen (secondary N) is 1. The second-order valence-corrected chi connectivity index (χ2v) is 6.17. The second-order valence-electron chi connectivity index (χ2n) is 4.51. The van der Waals surface area contributed by atoms with E-state index in [0.29, 0.717) is 12.3 Å². The van der Waals surface area contributed by atoms with Gasteiger partial charge in [0.1, 0.15) is 0 Å². The van der Waals surface area contributed by atoms with Crippen molar-refractivity contribution in [3.05, 3.63) is 12.5 Å². The highest BCUT2D eigenvalue weighted by Gasteiger charge is 2.22. The van der Waals surface area contributed by atoms with Crippen molar-refractivity contribution in [1.29, 1.82) is 0 Å². The number of hydrogen-bond acceptors (Lipinski definition) is 4. The molecule has 0 aromatic carbocycles. The molecule has 0 amide bonds. The minimum atomic E-state index is -3.64. The van der Waals surface area contributed by atoms with Gasteiger partial charge in [-0.3, -0.25) is 0 Å². The van der Waals surface area contributed by atoms with Gasteiger partial charge in [0.15, 0.2) is 5.03 Å². The monoisotopic (exact) mass is 261 g/mol. The van der Waals surface area contributed by atoms with Gasteiger partial charge in [-0.25, -0.2) is 18.1 Å². The maximum Gasteiger partial charge on any atom is 0.259 e. The van der Waals surface area contributed by atoms with Gasteiger partial charge in [-0.2, -0.15) is 0 Å². The molecule has 0 aliphatic rings. The van der Waals surface area contributed by atoms with Gasteiger partial charge in [0.25, 0.3) is 10.0 Å². The average molecular weight is 261 g/mol. The van der Waals surface area contributed by atoms with Crippen LogP contribution < -0.4 is 4.72 Å². The van der Waals surface area contributed by atoms with Crippen LogP contribution in [-0.2, 0) is 17.1 Å². The molecular weight excluding hydrogens is 242 g/mol. The smallest absolute Gasteiger partial charge is 0.259 e. The Morgan fingerprint density at radius 1 is 1.53 bits per heavy atom. The fourth-order valence-electron chi connectivity index (χ4n) is 1.54. The van der Waals surface area contributed by atoms with Gasteiger partial charge in [-0.05, 0) is 12.3 Å². The standard InChI is InChI=1S/C10H19N3O3S/c1-8(2)4-9(6-14)12-17(15,16)10-5-13(3)7-11-10/h5,7-9,12,14H,4,6H2,1-3H3. The molecule has 1 aromatic heterocycles. The molecule has 0 bridgehead atoms. The Labute approximate surface area is 102 Å². The van der Waals surface area contributed by atoms with E-state index in [0.717, 1.165) is 0 Å². The lowest BCUT2D eigenvalue weighted by atomic mass is 10.1. The summed E-state index contributed by atoms with van der Waals surface area (Å²) in [5.41, 5.74) is 0. The van der Waals surface area contributed by atoms with E-state index in [1.165, 1.54) is 12.5 Å². The number of aliphatic hydroxyl groups excluding tert-OH is 1. The molecule has 0 saturated carbocycles. The maximum atomic E-state index is 11.9. The van der Waals surface area contributed by atoms with Gasteiger partial charge in [0.2, 0.25) is 0 Å². The van der Waals surface area contributed by atoms with Crippen LogP contribution >= 0.6 is 0 Å². The van der Waals surface area contributed by atoms with E-state index in [9.17, 15) is 8.42 Å². The van der Waals surface area contributed by atoms with Crippen LogP contribution in [0, 0.1) is 5.92 Å². The summed E-state index contributed by atoms with van der Waals surface area (Å²) >= 11 is 0. The molecule has 0 radical (unpaired) electrons. The lowest BCUT2D eigenvalue weighted by Crippen LogP contribution is -2.38. The Bertz CT molecular complexity index is 453. The van der Waals surface area contributed by atoms with Crippen LogP contribution in [0.25, 0.3) is 0 Å². The summed E-state index contributed by atoms with van der Waals surface area (Å²) in [5.74, 6) is 0.304. The Morgan fingerprint density at radius 2 is 2.18 bits per heavy atom. The molecule has 1 rings (SSSR count). The van der Waals surface area contributed by atoms with E-state index in [1.807, 2.05) is 13.8 Å². The summed E-state index contributed by atoms with van der Waals surface area (Å²) in [4.78, 5) is 3.78. The van der Waals surface area contributed by atoms with E-state index in [2.05, 4.69) is 9.71 Å². The number of imidazole rings is 1. The highest BCUT2D eigenvalue weighted by molar-refractivity contribution is 7.89. The van der Waals surface area contributed by atoms with Crippen LogP contribution in [0.2, 0.25) is 0 Å². The van der Waals surface area contributed by atoms with E-state index < -0.39 is 16.1 Å². The van der Waals surface area contributed by atoms with Gasteiger partial charge in [0, 0.05) is 19.3 Å². The fraction of sp³-hybridized carbons (Fsp3) is 0.700. The molecule has 0 aliphatic heterocycles. The minimum Gasteiger partial charge on any atom is -0.395 e. The van der Waals surface area contributed by atoms with Crippen molar-refractivity contribution < 1.29 is 13.5 Å². The van der Waals surface area contributed by atoms with Crippen molar-refractivity contribution in [3.8, 4) is 0 Å². The third-order valence-electron chi connectivity index (χ3n) is 2.25. The van der Waals surface area contributed by atoms with Crippen molar-refractivity contribution in [1.82, 2.24) is 14.3 Å². The lowest BCUT2D eigenvalue weighted by molar-refractivity contribution is 0.240. The van der Waals surface area contributed by atoms with Gasteiger partial charge in [0.05, 0.1) is 12.9 Å². The summed E-state index contributed by atoms with van der Waals surface area (Å²) in [6.07, 6.45) is 3.43. The Morgan fingerprint density at radius 3 is 2.59 bits per heavy atom. The van der Waals surface area contributed by atoms with E-state index >= 15 is 0 Å². The zero-order valence-electron chi connectivity index (χ0n) is 10.3. The molecule has 6 nitrogen and oxygen atoms in total. The van der Waals surface area contributed by atoms with E-state index in [4.69, 9.17) is 5.11 Å². The highest BCUT2D eigenvalue weighted by Crippen LogP contribution is 2.09. The predicted molar refractivity (Wildman–Crippen MR) is 63.9 cm³/mol. The van der Waals surface area contributed by atoms with Crippen LogP contribution in [0.15, 0.2) is 17.6 Å². The van der Waals surface area contributed by atoms with Crippen molar-refractivity contribution in [2.24, 2.45) is 13.0 Å². The minimum absolute atomic E-state index is 0.0257. The summed E-state index contributed by atoms with van der Waals surface area (Å²) < 4.78 is 27.8. The Balaban J connectivity index is 2.78.